The van der Waals surface area contributed by atoms with Crippen molar-refractivity contribution in [2.75, 3.05) is 20.7 Å². The van der Waals surface area contributed by atoms with Crippen molar-refractivity contribution in [2.45, 2.75) is 0 Å². The highest BCUT2D eigenvalue weighted by molar-refractivity contribution is 6.02. The van der Waals surface area contributed by atoms with Gasteiger partial charge in [0.05, 0.1) is 5.70 Å². The van der Waals surface area contributed by atoms with E-state index >= 15 is 0 Å². The molecule has 0 atom stereocenters. The number of allylic oxidation sites excluding steroid dienone is 5. The van der Waals surface area contributed by atoms with Crippen LogP contribution in [-0.2, 0) is 9.53 Å². The van der Waals surface area contributed by atoms with Crippen LogP contribution >= 0.6 is 0 Å². The maximum atomic E-state index is 11.1. The number of fused-ring (bicyclic) bond motifs is 1. The number of ether oxygens (including phenoxy) is 1. The predicted molar refractivity (Wildman–Crippen MR) is 58.0 cm³/mol. The first-order chi connectivity index (χ1) is 7.16. The number of ketones is 1. The van der Waals surface area contributed by atoms with Crippen molar-refractivity contribution in [3.63, 3.8) is 0 Å². The second-order valence-corrected chi connectivity index (χ2v) is 3.71. The lowest BCUT2D eigenvalue weighted by Crippen LogP contribution is -2.15. The highest BCUT2D eigenvalue weighted by Gasteiger charge is 2.14. The maximum absolute atomic E-state index is 11.1. The highest BCUT2D eigenvalue weighted by atomic mass is 16.5. The van der Waals surface area contributed by atoms with Gasteiger partial charge in [0.15, 0.2) is 5.78 Å². The molecule has 0 aromatic heterocycles. The molecular formula is C12H13NO2. The van der Waals surface area contributed by atoms with Crippen molar-refractivity contribution >= 4 is 5.78 Å². The molecule has 0 saturated carbocycles. The maximum Gasteiger partial charge on any atom is 0.182 e. The Morgan fingerprint density at radius 2 is 2.07 bits per heavy atom. The summed E-state index contributed by atoms with van der Waals surface area (Å²) < 4.78 is 5.56. The quantitative estimate of drug-likeness (QED) is 0.645. The molecule has 3 heteroatoms. The molecule has 0 spiro atoms. The minimum absolute atomic E-state index is 0.0181. The van der Waals surface area contributed by atoms with Gasteiger partial charge in [0, 0.05) is 25.7 Å². The zero-order valence-corrected chi connectivity index (χ0v) is 8.86. The van der Waals surface area contributed by atoms with Crippen LogP contribution in [0.1, 0.15) is 0 Å². The summed E-state index contributed by atoms with van der Waals surface area (Å²) in [6, 6.07) is 0. The Kier molecular flexibility index (Phi) is 2.46. The van der Waals surface area contributed by atoms with E-state index in [0.717, 1.165) is 11.3 Å². The number of nitrogens with zero attached hydrogens (tertiary/aromatic N) is 1. The van der Waals surface area contributed by atoms with Crippen molar-refractivity contribution in [2.24, 2.45) is 0 Å². The average molecular weight is 203 g/mol. The summed E-state index contributed by atoms with van der Waals surface area (Å²) in [7, 11) is 3.94. The van der Waals surface area contributed by atoms with Crippen LogP contribution in [0.25, 0.3) is 0 Å². The normalized spacial score (nSPS) is 19.3. The zero-order chi connectivity index (χ0) is 10.8. The summed E-state index contributed by atoms with van der Waals surface area (Å²) in [5.74, 6) is 0.644. The third-order valence-corrected chi connectivity index (χ3v) is 2.39. The van der Waals surface area contributed by atoms with Gasteiger partial charge in [0.25, 0.3) is 0 Å². The Morgan fingerprint density at radius 3 is 2.80 bits per heavy atom. The summed E-state index contributed by atoms with van der Waals surface area (Å²) in [5, 5.41) is 0. The minimum Gasteiger partial charge on any atom is -0.487 e. The van der Waals surface area contributed by atoms with Gasteiger partial charge >= 0.3 is 0 Å². The van der Waals surface area contributed by atoms with E-state index in [0.29, 0.717) is 12.4 Å². The molecule has 0 aromatic carbocycles. The van der Waals surface area contributed by atoms with Gasteiger partial charge in [-0.2, -0.15) is 0 Å². The van der Waals surface area contributed by atoms with Crippen LogP contribution in [0.5, 0.6) is 0 Å². The molecule has 2 rings (SSSR count). The number of likely N-dealkylation sites (N-methyl/N-ethyl adjacent to an activating group) is 1. The van der Waals surface area contributed by atoms with Crippen molar-refractivity contribution in [3.8, 4) is 0 Å². The standard InChI is InChI=1S/C12H13NO2/c1-13(2)10-5-3-9-4-6-11(14)7-12(9)15-8-10/h3-7H,8H2,1-2H3. The van der Waals surface area contributed by atoms with Gasteiger partial charge in [-0.1, -0.05) is 0 Å². The Morgan fingerprint density at radius 1 is 1.27 bits per heavy atom. The molecule has 1 aliphatic heterocycles. The summed E-state index contributed by atoms with van der Waals surface area (Å²) in [5.41, 5.74) is 2.03. The average Bonchev–Trinajstić information content (AvgIpc) is 2.39. The topological polar surface area (TPSA) is 29.5 Å². The second kappa shape index (κ2) is 3.77. The number of carbonyl (C=O) groups excluding carboxylic acids is 1. The first kappa shape index (κ1) is 9.77. The predicted octanol–water partition coefficient (Wildman–Crippen LogP) is 1.41. The lowest BCUT2D eigenvalue weighted by molar-refractivity contribution is -0.110. The van der Waals surface area contributed by atoms with E-state index in [1.807, 2.05) is 31.1 Å². The first-order valence-corrected chi connectivity index (χ1v) is 4.82. The molecular weight excluding hydrogens is 190 g/mol. The Hall–Kier alpha value is -1.77. The SMILES string of the molecule is CN(C)C1=CC=C2C=CC(=O)C=C2OC1. The zero-order valence-electron chi connectivity index (χ0n) is 8.86. The van der Waals surface area contributed by atoms with Crippen LogP contribution in [0.2, 0.25) is 0 Å². The monoisotopic (exact) mass is 203 g/mol. The van der Waals surface area contributed by atoms with E-state index in [1.54, 1.807) is 12.2 Å². The molecule has 3 nitrogen and oxygen atoms in total. The summed E-state index contributed by atoms with van der Waals surface area (Å²) in [6.07, 6.45) is 8.84. The lowest BCUT2D eigenvalue weighted by Gasteiger charge is -2.17. The fourth-order valence-electron chi connectivity index (χ4n) is 1.44. The van der Waals surface area contributed by atoms with Gasteiger partial charge in [0.1, 0.15) is 12.4 Å². The Bertz CT molecular complexity index is 411. The molecule has 1 aliphatic carbocycles. The molecule has 0 amide bonds. The fourth-order valence-corrected chi connectivity index (χ4v) is 1.44. The van der Waals surface area contributed by atoms with E-state index in [-0.39, 0.29) is 5.78 Å². The molecule has 15 heavy (non-hydrogen) atoms. The first-order valence-electron chi connectivity index (χ1n) is 4.82. The molecule has 0 radical (unpaired) electrons. The molecule has 0 unspecified atom stereocenters. The number of hydrogen-bond acceptors (Lipinski definition) is 3. The number of hydrogen-bond donors (Lipinski definition) is 0. The summed E-state index contributed by atoms with van der Waals surface area (Å²) in [6.45, 7) is 0.500. The van der Waals surface area contributed by atoms with Crippen molar-refractivity contribution in [3.05, 3.63) is 47.4 Å². The second-order valence-electron chi connectivity index (χ2n) is 3.71. The van der Waals surface area contributed by atoms with Crippen LogP contribution < -0.4 is 0 Å². The van der Waals surface area contributed by atoms with Crippen LogP contribution in [0.3, 0.4) is 0 Å². The van der Waals surface area contributed by atoms with Crippen LogP contribution in [0, 0.1) is 0 Å². The lowest BCUT2D eigenvalue weighted by atomic mass is 10.1. The van der Waals surface area contributed by atoms with E-state index in [4.69, 9.17) is 4.74 Å². The van der Waals surface area contributed by atoms with Crippen molar-refractivity contribution in [1.82, 2.24) is 4.90 Å². The summed E-state index contributed by atoms with van der Waals surface area (Å²) in [4.78, 5) is 13.1. The number of rotatable bonds is 1. The van der Waals surface area contributed by atoms with Gasteiger partial charge in [-0.15, -0.1) is 0 Å². The molecule has 2 aliphatic rings. The minimum atomic E-state index is -0.0181. The van der Waals surface area contributed by atoms with E-state index < -0.39 is 0 Å². The molecule has 0 fully saturated rings. The molecule has 0 N–H and O–H groups in total. The summed E-state index contributed by atoms with van der Waals surface area (Å²) >= 11 is 0. The van der Waals surface area contributed by atoms with Gasteiger partial charge in [-0.3, -0.25) is 4.79 Å². The van der Waals surface area contributed by atoms with E-state index in [1.165, 1.54) is 6.08 Å². The van der Waals surface area contributed by atoms with Crippen molar-refractivity contribution in [1.29, 1.82) is 0 Å². The highest BCUT2D eigenvalue weighted by Crippen LogP contribution is 2.22. The van der Waals surface area contributed by atoms with Crippen LogP contribution in [0.4, 0.5) is 0 Å². The Labute approximate surface area is 89.0 Å². The number of carbonyl (C=O) groups is 1. The van der Waals surface area contributed by atoms with Gasteiger partial charge in [0.2, 0.25) is 0 Å². The Balaban J connectivity index is 2.28. The van der Waals surface area contributed by atoms with Gasteiger partial charge < -0.3 is 9.64 Å². The molecule has 0 aromatic rings. The molecule has 0 bridgehead atoms. The van der Waals surface area contributed by atoms with Gasteiger partial charge in [-0.05, 0) is 24.3 Å². The van der Waals surface area contributed by atoms with Crippen LogP contribution in [0.15, 0.2) is 47.4 Å². The molecule has 0 saturated heterocycles. The van der Waals surface area contributed by atoms with E-state index in [2.05, 4.69) is 0 Å². The van der Waals surface area contributed by atoms with Crippen molar-refractivity contribution < 1.29 is 9.53 Å². The molecule has 78 valence electrons. The smallest absolute Gasteiger partial charge is 0.182 e. The molecule has 1 heterocycles. The fraction of sp³-hybridized carbons (Fsp3) is 0.250. The van der Waals surface area contributed by atoms with E-state index in [9.17, 15) is 4.79 Å². The third-order valence-electron chi connectivity index (χ3n) is 2.39. The van der Waals surface area contributed by atoms with Gasteiger partial charge in [-0.25, -0.2) is 0 Å². The third kappa shape index (κ3) is 2.01. The van der Waals surface area contributed by atoms with Crippen LogP contribution in [-0.4, -0.2) is 31.4 Å². The largest absolute Gasteiger partial charge is 0.487 e.